The molecule has 0 aliphatic heterocycles. The Kier molecular flexibility index (Phi) is 10.9. The number of halogens is 1. The molecular formula is C24H34INO. The molecule has 0 radical (unpaired) electrons. The molecule has 2 nitrogen and oxygen atoms in total. The number of benzene rings is 2. The third-order valence-corrected chi connectivity index (χ3v) is 5.96. The molecule has 1 unspecified atom stereocenters. The summed E-state index contributed by atoms with van der Waals surface area (Å²) in [5.41, 5.74) is 1.96. The van der Waals surface area contributed by atoms with Crippen molar-refractivity contribution in [3.8, 4) is 0 Å². The maximum Gasteiger partial charge on any atom is 0.170 e. The SMILES string of the molecule is CC[N+](CC)(CC)CCCCC(C(=O)c1ccccc1)c1ccccc1.[I-]. The van der Waals surface area contributed by atoms with E-state index >= 15 is 0 Å². The predicted molar refractivity (Wildman–Crippen MR) is 111 cm³/mol. The fraction of sp³-hybridized carbons (Fsp3) is 0.458. The highest BCUT2D eigenvalue weighted by atomic mass is 127. The van der Waals surface area contributed by atoms with Crippen molar-refractivity contribution in [1.82, 2.24) is 0 Å². The minimum Gasteiger partial charge on any atom is -1.00 e. The van der Waals surface area contributed by atoms with E-state index in [9.17, 15) is 4.79 Å². The van der Waals surface area contributed by atoms with Gasteiger partial charge < -0.3 is 28.5 Å². The number of hydrogen-bond acceptors (Lipinski definition) is 1. The largest absolute Gasteiger partial charge is 1.00 e. The van der Waals surface area contributed by atoms with Crippen LogP contribution in [-0.4, -0.2) is 36.4 Å². The summed E-state index contributed by atoms with van der Waals surface area (Å²) in [6, 6.07) is 20.0. The number of ketones is 1. The van der Waals surface area contributed by atoms with E-state index in [2.05, 4.69) is 32.9 Å². The number of carbonyl (C=O) groups is 1. The van der Waals surface area contributed by atoms with E-state index in [1.165, 1.54) is 37.1 Å². The zero-order chi connectivity index (χ0) is 18.8. The lowest BCUT2D eigenvalue weighted by molar-refractivity contribution is -0.923. The molecule has 1 atom stereocenters. The van der Waals surface area contributed by atoms with Crippen molar-refractivity contribution in [2.45, 2.75) is 46.0 Å². The molecule has 0 saturated heterocycles. The highest BCUT2D eigenvalue weighted by molar-refractivity contribution is 6.00. The van der Waals surface area contributed by atoms with Crippen molar-refractivity contribution < 1.29 is 33.3 Å². The lowest BCUT2D eigenvalue weighted by atomic mass is 9.86. The van der Waals surface area contributed by atoms with Crippen LogP contribution in [0, 0.1) is 0 Å². The first kappa shape index (κ1) is 23.8. The molecule has 0 saturated carbocycles. The summed E-state index contributed by atoms with van der Waals surface area (Å²) >= 11 is 0. The molecule has 2 rings (SSSR count). The maximum atomic E-state index is 13.1. The van der Waals surface area contributed by atoms with Gasteiger partial charge in [0.2, 0.25) is 0 Å². The van der Waals surface area contributed by atoms with Gasteiger partial charge in [-0.25, -0.2) is 0 Å². The van der Waals surface area contributed by atoms with Gasteiger partial charge in [-0.05, 0) is 45.6 Å². The van der Waals surface area contributed by atoms with Gasteiger partial charge >= 0.3 is 0 Å². The average Bonchev–Trinajstić information content (AvgIpc) is 2.72. The Balaban J connectivity index is 0.00000364. The van der Waals surface area contributed by atoms with Crippen LogP contribution in [0.5, 0.6) is 0 Å². The van der Waals surface area contributed by atoms with Crippen molar-refractivity contribution in [3.05, 3.63) is 71.8 Å². The second-order valence-corrected chi connectivity index (χ2v) is 7.20. The summed E-state index contributed by atoms with van der Waals surface area (Å²) in [4.78, 5) is 13.1. The zero-order valence-electron chi connectivity index (χ0n) is 17.0. The Morgan fingerprint density at radius 1 is 0.815 bits per heavy atom. The Labute approximate surface area is 182 Å². The van der Waals surface area contributed by atoms with Crippen molar-refractivity contribution in [3.63, 3.8) is 0 Å². The summed E-state index contributed by atoms with van der Waals surface area (Å²) in [5.74, 6) is 0.212. The van der Waals surface area contributed by atoms with Crippen molar-refractivity contribution in [2.24, 2.45) is 0 Å². The van der Waals surface area contributed by atoms with Gasteiger partial charge in [-0.3, -0.25) is 4.79 Å². The number of nitrogens with zero attached hydrogens (tertiary/aromatic N) is 1. The van der Waals surface area contributed by atoms with E-state index < -0.39 is 0 Å². The third kappa shape index (κ3) is 6.72. The third-order valence-electron chi connectivity index (χ3n) is 5.96. The first-order chi connectivity index (χ1) is 12.7. The van der Waals surface area contributed by atoms with E-state index in [0.717, 1.165) is 24.0 Å². The van der Waals surface area contributed by atoms with Crippen molar-refractivity contribution in [1.29, 1.82) is 0 Å². The normalized spacial score (nSPS) is 12.3. The zero-order valence-corrected chi connectivity index (χ0v) is 19.2. The Morgan fingerprint density at radius 2 is 1.33 bits per heavy atom. The van der Waals surface area contributed by atoms with Crippen molar-refractivity contribution >= 4 is 5.78 Å². The smallest absolute Gasteiger partial charge is 0.170 e. The topological polar surface area (TPSA) is 17.1 Å². The van der Waals surface area contributed by atoms with Gasteiger partial charge in [0.1, 0.15) is 0 Å². The average molecular weight is 479 g/mol. The monoisotopic (exact) mass is 479 g/mol. The summed E-state index contributed by atoms with van der Waals surface area (Å²) in [7, 11) is 0. The maximum absolute atomic E-state index is 13.1. The molecule has 2 aromatic carbocycles. The molecule has 0 bridgehead atoms. The summed E-state index contributed by atoms with van der Waals surface area (Å²) < 4.78 is 1.18. The van der Waals surface area contributed by atoms with Gasteiger partial charge in [-0.15, -0.1) is 0 Å². The van der Waals surface area contributed by atoms with E-state index in [4.69, 9.17) is 0 Å². The fourth-order valence-corrected chi connectivity index (χ4v) is 3.88. The van der Waals surface area contributed by atoms with E-state index in [1.807, 2.05) is 48.5 Å². The van der Waals surface area contributed by atoms with Crippen LogP contribution < -0.4 is 24.0 Å². The van der Waals surface area contributed by atoms with E-state index in [-0.39, 0.29) is 35.7 Å². The molecular weight excluding hydrogens is 445 g/mol. The standard InChI is InChI=1S/C24H34NO.HI/c1-4-25(5-2,6-3)20-14-13-19-23(21-15-9-7-10-16-21)24(26)22-17-11-8-12-18-22;/h7-12,15-18,23H,4-6,13-14,19-20H2,1-3H3;1H/q+1;/p-1. The number of rotatable bonds is 11. The molecule has 0 heterocycles. The minimum absolute atomic E-state index is 0. The minimum atomic E-state index is -0.0367. The fourth-order valence-electron chi connectivity index (χ4n) is 3.88. The molecule has 2 aromatic rings. The molecule has 0 aromatic heterocycles. The summed E-state index contributed by atoms with van der Waals surface area (Å²) in [6.07, 6.45) is 3.20. The van der Waals surface area contributed by atoms with Crippen LogP contribution >= 0.6 is 0 Å². The number of hydrogen-bond donors (Lipinski definition) is 0. The van der Waals surface area contributed by atoms with Crippen LogP contribution in [-0.2, 0) is 0 Å². The number of quaternary nitrogens is 1. The summed E-state index contributed by atoms with van der Waals surface area (Å²) in [5, 5.41) is 0. The van der Waals surface area contributed by atoms with E-state index in [0.29, 0.717) is 0 Å². The molecule has 0 aliphatic carbocycles. The lowest BCUT2D eigenvalue weighted by Gasteiger charge is -2.36. The Bertz CT molecular complexity index is 644. The van der Waals surface area contributed by atoms with Gasteiger partial charge in [0, 0.05) is 11.5 Å². The first-order valence-corrected chi connectivity index (χ1v) is 10.1. The van der Waals surface area contributed by atoms with Crippen LogP contribution in [0.4, 0.5) is 0 Å². The van der Waals surface area contributed by atoms with Gasteiger partial charge in [0.15, 0.2) is 5.78 Å². The molecule has 27 heavy (non-hydrogen) atoms. The highest BCUT2D eigenvalue weighted by Crippen LogP contribution is 2.27. The second-order valence-electron chi connectivity index (χ2n) is 7.20. The highest BCUT2D eigenvalue weighted by Gasteiger charge is 2.23. The molecule has 0 aliphatic rings. The molecule has 3 heteroatoms. The lowest BCUT2D eigenvalue weighted by Crippen LogP contribution is -3.00. The number of carbonyl (C=O) groups excluding carboxylic acids is 1. The number of Topliss-reactive ketones (excluding diaryl/α,β-unsaturated/α-hetero) is 1. The second kappa shape index (κ2) is 12.3. The molecule has 0 fully saturated rings. The van der Waals surface area contributed by atoms with Gasteiger partial charge in [0.25, 0.3) is 0 Å². The summed E-state index contributed by atoms with van der Waals surface area (Å²) in [6.45, 7) is 11.7. The van der Waals surface area contributed by atoms with Gasteiger partial charge in [-0.2, -0.15) is 0 Å². The first-order valence-electron chi connectivity index (χ1n) is 10.1. The number of unbranched alkanes of at least 4 members (excludes halogenated alkanes) is 1. The van der Waals surface area contributed by atoms with Crippen LogP contribution in [0.15, 0.2) is 60.7 Å². The Hall–Kier alpha value is -1.20. The van der Waals surface area contributed by atoms with Crippen molar-refractivity contribution in [2.75, 3.05) is 26.2 Å². The van der Waals surface area contributed by atoms with Crippen LogP contribution in [0.1, 0.15) is 61.9 Å². The molecule has 0 spiro atoms. The molecule has 148 valence electrons. The van der Waals surface area contributed by atoms with Crippen LogP contribution in [0.25, 0.3) is 0 Å². The van der Waals surface area contributed by atoms with Gasteiger partial charge in [-0.1, -0.05) is 60.7 Å². The Morgan fingerprint density at radius 3 is 1.85 bits per heavy atom. The van der Waals surface area contributed by atoms with E-state index in [1.54, 1.807) is 0 Å². The van der Waals surface area contributed by atoms with Crippen LogP contribution in [0.2, 0.25) is 0 Å². The molecule has 0 N–H and O–H groups in total. The predicted octanol–water partition coefficient (Wildman–Crippen LogP) is 2.70. The molecule has 0 amide bonds. The van der Waals surface area contributed by atoms with Gasteiger partial charge in [0.05, 0.1) is 26.2 Å². The quantitative estimate of drug-likeness (QED) is 0.210. The van der Waals surface area contributed by atoms with Crippen LogP contribution in [0.3, 0.4) is 0 Å².